The average Bonchev–Trinajstić information content (AvgIpc) is 3.38. The van der Waals surface area contributed by atoms with E-state index in [1.165, 1.54) is 11.3 Å². The van der Waals surface area contributed by atoms with E-state index in [0.29, 0.717) is 34.3 Å². The lowest BCUT2D eigenvalue weighted by Crippen LogP contribution is -2.21. The Bertz CT molecular complexity index is 1140. The second-order valence-electron chi connectivity index (χ2n) is 7.24. The number of thiophene rings is 1. The number of amides is 1. The molecule has 0 radical (unpaired) electrons. The van der Waals surface area contributed by atoms with Crippen LogP contribution < -0.4 is 5.43 Å². The molecule has 0 saturated heterocycles. The molecule has 1 N–H and O–H groups in total. The van der Waals surface area contributed by atoms with Gasteiger partial charge in [-0.3, -0.25) is 10.2 Å². The van der Waals surface area contributed by atoms with E-state index >= 15 is 0 Å². The molecule has 1 aromatic heterocycles. The lowest BCUT2D eigenvalue weighted by Gasteiger charge is -2.13. The van der Waals surface area contributed by atoms with Gasteiger partial charge in [0.25, 0.3) is 5.91 Å². The van der Waals surface area contributed by atoms with Gasteiger partial charge in [0.2, 0.25) is 0 Å². The highest BCUT2D eigenvalue weighted by Gasteiger charge is 2.31. The molecule has 0 spiro atoms. The Morgan fingerprint density at radius 1 is 1.16 bits per heavy atom. The van der Waals surface area contributed by atoms with Gasteiger partial charge in [-0.15, -0.1) is 11.3 Å². The van der Waals surface area contributed by atoms with E-state index in [-0.39, 0.29) is 12.5 Å². The maximum Gasteiger partial charge on any atom is 0.258 e. The summed E-state index contributed by atoms with van der Waals surface area (Å²) in [5.41, 5.74) is 7.18. The number of nitrogens with one attached hydrogen (secondary N) is 1. The maximum atomic E-state index is 12.7. The smallest absolute Gasteiger partial charge is 0.258 e. The fourth-order valence-electron chi connectivity index (χ4n) is 3.22. The number of para-hydroxylation sites is 1. The van der Waals surface area contributed by atoms with Gasteiger partial charge in [0.05, 0.1) is 22.8 Å². The number of halogens is 1. The van der Waals surface area contributed by atoms with Gasteiger partial charge in [0, 0.05) is 17.5 Å². The third-order valence-electron chi connectivity index (χ3n) is 4.94. The van der Waals surface area contributed by atoms with E-state index < -0.39 is 0 Å². The van der Waals surface area contributed by atoms with Gasteiger partial charge >= 0.3 is 0 Å². The number of carbonyl (C=O) groups is 1. The van der Waals surface area contributed by atoms with Crippen molar-refractivity contribution in [3.05, 3.63) is 92.8 Å². The van der Waals surface area contributed by atoms with Gasteiger partial charge < -0.3 is 9.64 Å². The van der Waals surface area contributed by atoms with Crippen molar-refractivity contribution in [3.63, 3.8) is 0 Å². The van der Waals surface area contributed by atoms with Crippen molar-refractivity contribution in [1.29, 1.82) is 0 Å². The number of likely N-dealkylation sites (N-methyl/N-ethyl adjacent to an activating group) is 1. The van der Waals surface area contributed by atoms with Crippen LogP contribution in [0.3, 0.4) is 0 Å². The first-order valence-electron chi connectivity index (χ1n) is 9.82. The Morgan fingerprint density at radius 3 is 2.65 bits per heavy atom. The first-order chi connectivity index (χ1) is 15.0. The second-order valence-corrected chi connectivity index (χ2v) is 8.60. The van der Waals surface area contributed by atoms with Crippen molar-refractivity contribution in [2.75, 3.05) is 25.6 Å². The Labute approximate surface area is 190 Å². The molecular formula is C24H22ClN3O2S. The third kappa shape index (κ3) is 4.81. The SMILES string of the molecule is Cc1ccc(C(COC2=C(c3cccs3)C(=O)N(C)C2)=NNc2ccccc2Cl)cc1. The molecule has 4 rings (SSSR count). The molecule has 2 aromatic carbocycles. The zero-order chi connectivity index (χ0) is 21.8. The Balaban J connectivity index is 1.61. The Kier molecular flexibility index (Phi) is 6.39. The standard InChI is InChI=1S/C24H22ClN3O2S/c1-16-9-11-17(12-10-16)20(27-26-19-7-4-3-6-18(19)25)15-30-21-14-28(2)24(29)23(21)22-8-5-13-31-22/h3-13,26H,14-15H2,1-2H3. The highest BCUT2D eigenvalue weighted by molar-refractivity contribution is 7.11. The maximum absolute atomic E-state index is 12.7. The summed E-state index contributed by atoms with van der Waals surface area (Å²) in [4.78, 5) is 15.2. The molecule has 0 unspecified atom stereocenters. The van der Waals surface area contributed by atoms with Crippen LogP contribution in [0.15, 0.2) is 76.9 Å². The number of ether oxygens (including phenoxy) is 1. The zero-order valence-corrected chi connectivity index (χ0v) is 18.8. The molecule has 0 atom stereocenters. The van der Waals surface area contributed by atoms with Crippen LogP contribution in [0.25, 0.3) is 5.57 Å². The van der Waals surface area contributed by atoms with Gasteiger partial charge in [-0.25, -0.2) is 0 Å². The second kappa shape index (κ2) is 9.37. The summed E-state index contributed by atoms with van der Waals surface area (Å²) >= 11 is 7.78. The molecule has 158 valence electrons. The van der Waals surface area contributed by atoms with Crippen LogP contribution in [0.1, 0.15) is 16.0 Å². The highest BCUT2D eigenvalue weighted by Crippen LogP contribution is 2.31. The molecule has 1 amide bonds. The van der Waals surface area contributed by atoms with Crippen molar-refractivity contribution in [2.45, 2.75) is 6.92 Å². The van der Waals surface area contributed by atoms with Crippen LogP contribution in [-0.2, 0) is 9.53 Å². The molecule has 2 heterocycles. The van der Waals surface area contributed by atoms with Gasteiger partial charge in [0.1, 0.15) is 18.1 Å². The highest BCUT2D eigenvalue weighted by atomic mass is 35.5. The lowest BCUT2D eigenvalue weighted by atomic mass is 10.1. The minimum absolute atomic E-state index is 0.0273. The zero-order valence-electron chi connectivity index (χ0n) is 17.3. The number of hydrazone groups is 1. The molecule has 1 aliphatic heterocycles. The number of hydrogen-bond acceptors (Lipinski definition) is 5. The number of benzene rings is 2. The summed E-state index contributed by atoms with van der Waals surface area (Å²) in [6, 6.07) is 19.4. The number of anilines is 1. The summed E-state index contributed by atoms with van der Waals surface area (Å²) in [6.07, 6.45) is 0. The monoisotopic (exact) mass is 451 g/mol. The predicted octanol–water partition coefficient (Wildman–Crippen LogP) is 5.43. The third-order valence-corrected chi connectivity index (χ3v) is 6.16. The van der Waals surface area contributed by atoms with E-state index in [2.05, 4.69) is 10.5 Å². The first-order valence-corrected chi connectivity index (χ1v) is 11.1. The summed E-state index contributed by atoms with van der Waals surface area (Å²) in [5.74, 6) is 0.632. The number of rotatable bonds is 7. The molecule has 0 bridgehead atoms. The van der Waals surface area contributed by atoms with E-state index in [4.69, 9.17) is 16.3 Å². The molecule has 0 saturated carbocycles. The quantitative estimate of drug-likeness (QED) is 0.385. The van der Waals surface area contributed by atoms with E-state index in [9.17, 15) is 4.79 Å². The number of hydrogen-bond donors (Lipinski definition) is 1. The van der Waals surface area contributed by atoms with Crippen molar-refractivity contribution in [2.24, 2.45) is 5.10 Å². The summed E-state index contributed by atoms with van der Waals surface area (Å²) in [7, 11) is 1.78. The molecule has 31 heavy (non-hydrogen) atoms. The van der Waals surface area contributed by atoms with Crippen LogP contribution in [0, 0.1) is 6.92 Å². The number of nitrogens with zero attached hydrogens (tertiary/aromatic N) is 2. The van der Waals surface area contributed by atoms with Crippen molar-refractivity contribution >= 4 is 45.8 Å². The van der Waals surface area contributed by atoms with Gasteiger partial charge in [0.15, 0.2) is 0 Å². The summed E-state index contributed by atoms with van der Waals surface area (Å²) in [5, 5.41) is 7.12. The fraction of sp³-hybridized carbons (Fsp3) is 0.167. The van der Waals surface area contributed by atoms with Gasteiger partial charge in [-0.1, -0.05) is 59.6 Å². The minimum Gasteiger partial charge on any atom is -0.489 e. The van der Waals surface area contributed by atoms with Crippen LogP contribution in [0.5, 0.6) is 0 Å². The number of aryl methyl sites for hydroxylation is 1. The molecule has 5 nitrogen and oxygen atoms in total. The van der Waals surface area contributed by atoms with Crippen LogP contribution in [0.2, 0.25) is 5.02 Å². The van der Waals surface area contributed by atoms with E-state index in [0.717, 1.165) is 16.0 Å². The topological polar surface area (TPSA) is 53.9 Å². The van der Waals surface area contributed by atoms with Crippen molar-refractivity contribution in [3.8, 4) is 0 Å². The van der Waals surface area contributed by atoms with E-state index in [1.54, 1.807) is 18.0 Å². The van der Waals surface area contributed by atoms with Crippen LogP contribution >= 0.6 is 22.9 Å². The lowest BCUT2D eigenvalue weighted by molar-refractivity contribution is -0.122. The van der Waals surface area contributed by atoms with Crippen molar-refractivity contribution < 1.29 is 9.53 Å². The molecule has 1 aliphatic rings. The number of carbonyl (C=O) groups excluding carboxylic acids is 1. The van der Waals surface area contributed by atoms with E-state index in [1.807, 2.05) is 66.9 Å². The molecule has 0 aliphatic carbocycles. The minimum atomic E-state index is -0.0273. The van der Waals surface area contributed by atoms with Crippen molar-refractivity contribution in [1.82, 2.24) is 4.90 Å². The molecular weight excluding hydrogens is 430 g/mol. The Hall–Kier alpha value is -3.09. The molecule has 7 heteroatoms. The van der Waals surface area contributed by atoms with Gasteiger partial charge in [-0.05, 0) is 30.5 Å². The van der Waals surface area contributed by atoms with Crippen LogP contribution in [0.4, 0.5) is 5.69 Å². The summed E-state index contributed by atoms with van der Waals surface area (Å²) < 4.78 is 6.17. The Morgan fingerprint density at radius 2 is 1.94 bits per heavy atom. The average molecular weight is 452 g/mol. The predicted molar refractivity (Wildman–Crippen MR) is 128 cm³/mol. The van der Waals surface area contributed by atoms with Crippen LogP contribution in [-0.4, -0.2) is 36.7 Å². The summed E-state index contributed by atoms with van der Waals surface area (Å²) in [6.45, 7) is 2.69. The largest absolute Gasteiger partial charge is 0.489 e. The molecule has 0 fully saturated rings. The molecule has 3 aromatic rings. The van der Waals surface area contributed by atoms with Gasteiger partial charge in [-0.2, -0.15) is 5.10 Å². The normalized spacial score (nSPS) is 14.4. The first kappa shape index (κ1) is 21.2. The fourth-order valence-corrected chi connectivity index (χ4v) is 4.18.